The molecule has 0 saturated carbocycles. The molecule has 0 bridgehead atoms. The summed E-state index contributed by atoms with van der Waals surface area (Å²) < 4.78 is 1.36. The van der Waals surface area contributed by atoms with Crippen LogP contribution in [0.15, 0.2) is 71.5 Å². The summed E-state index contributed by atoms with van der Waals surface area (Å²) in [6.45, 7) is 0.462. The SMILES string of the molecule is O=c1cc(CNc2ccccc2)nc2nc(-c3ccccc3)[nH]n12. The van der Waals surface area contributed by atoms with Gasteiger partial charge in [0.05, 0.1) is 12.2 Å². The van der Waals surface area contributed by atoms with Crippen LogP contribution in [0.3, 0.4) is 0 Å². The summed E-state index contributed by atoms with van der Waals surface area (Å²) in [5.74, 6) is 0.986. The third-order valence-electron chi connectivity index (χ3n) is 3.68. The Morgan fingerprint density at radius 1 is 0.958 bits per heavy atom. The molecule has 0 spiro atoms. The number of hydrogen-bond acceptors (Lipinski definition) is 4. The van der Waals surface area contributed by atoms with Gasteiger partial charge in [-0.3, -0.25) is 9.89 Å². The van der Waals surface area contributed by atoms with Gasteiger partial charge in [-0.25, -0.2) is 4.98 Å². The van der Waals surface area contributed by atoms with Gasteiger partial charge in [-0.05, 0) is 12.1 Å². The van der Waals surface area contributed by atoms with Gasteiger partial charge in [-0.2, -0.15) is 9.50 Å². The number of H-pyrrole nitrogens is 1. The molecule has 0 atom stereocenters. The summed E-state index contributed by atoms with van der Waals surface area (Å²) in [7, 11) is 0. The van der Waals surface area contributed by atoms with Crippen LogP contribution in [0.2, 0.25) is 0 Å². The summed E-state index contributed by atoms with van der Waals surface area (Å²) in [6.07, 6.45) is 0. The van der Waals surface area contributed by atoms with E-state index in [1.54, 1.807) is 0 Å². The van der Waals surface area contributed by atoms with Crippen LogP contribution in [-0.4, -0.2) is 19.6 Å². The van der Waals surface area contributed by atoms with E-state index in [2.05, 4.69) is 20.4 Å². The average Bonchev–Trinajstić information content (AvgIpc) is 3.06. The predicted molar refractivity (Wildman–Crippen MR) is 92.8 cm³/mol. The number of nitrogens with zero attached hydrogens (tertiary/aromatic N) is 3. The van der Waals surface area contributed by atoms with Crippen LogP contribution in [0.25, 0.3) is 17.2 Å². The Hall–Kier alpha value is -3.41. The van der Waals surface area contributed by atoms with Gasteiger partial charge in [0.15, 0.2) is 5.82 Å². The maximum atomic E-state index is 12.3. The lowest BCUT2D eigenvalue weighted by Crippen LogP contribution is -2.17. The minimum Gasteiger partial charge on any atom is -0.379 e. The van der Waals surface area contributed by atoms with E-state index in [1.165, 1.54) is 10.6 Å². The summed E-state index contributed by atoms with van der Waals surface area (Å²) in [4.78, 5) is 21.2. The Morgan fingerprint density at radius 3 is 2.42 bits per heavy atom. The number of hydrogen-bond donors (Lipinski definition) is 2. The Labute approximate surface area is 137 Å². The first-order valence-corrected chi connectivity index (χ1v) is 7.63. The van der Waals surface area contributed by atoms with Crippen LogP contribution >= 0.6 is 0 Å². The second-order valence-electron chi connectivity index (χ2n) is 5.38. The molecule has 2 aromatic carbocycles. The van der Waals surface area contributed by atoms with Gasteiger partial charge in [-0.15, -0.1) is 0 Å². The molecule has 0 radical (unpaired) electrons. The first-order chi connectivity index (χ1) is 11.8. The molecule has 118 valence electrons. The molecule has 0 aliphatic rings. The number of rotatable bonds is 4. The predicted octanol–water partition coefficient (Wildman–Crippen LogP) is 2.70. The standard InChI is InChI=1S/C18H15N5O/c24-16-11-15(12-19-14-9-5-2-6-10-14)20-18-21-17(22-23(16)18)13-7-3-1-4-8-13/h1-11,19H,12H2,(H,20,21,22). The highest BCUT2D eigenvalue weighted by molar-refractivity contribution is 5.56. The summed E-state index contributed by atoms with van der Waals surface area (Å²) in [6, 6.07) is 20.9. The van der Waals surface area contributed by atoms with E-state index in [-0.39, 0.29) is 5.56 Å². The molecule has 6 nitrogen and oxygen atoms in total. The second kappa shape index (κ2) is 6.00. The van der Waals surface area contributed by atoms with Crippen molar-refractivity contribution in [1.29, 1.82) is 0 Å². The second-order valence-corrected chi connectivity index (χ2v) is 5.38. The molecular formula is C18H15N5O. The number of aromatic amines is 1. The fourth-order valence-electron chi connectivity index (χ4n) is 2.49. The van der Waals surface area contributed by atoms with Crippen molar-refractivity contribution < 1.29 is 0 Å². The largest absolute Gasteiger partial charge is 0.379 e. The summed E-state index contributed by atoms with van der Waals surface area (Å²) in [5, 5.41) is 6.23. The molecule has 2 N–H and O–H groups in total. The van der Waals surface area contributed by atoms with Crippen molar-refractivity contribution in [2.45, 2.75) is 6.54 Å². The fraction of sp³-hybridized carbons (Fsp3) is 0.0556. The van der Waals surface area contributed by atoms with Gasteiger partial charge in [0.1, 0.15) is 0 Å². The molecule has 2 heterocycles. The van der Waals surface area contributed by atoms with Crippen LogP contribution in [0.4, 0.5) is 5.69 Å². The smallest absolute Gasteiger partial charge is 0.274 e. The summed E-state index contributed by atoms with van der Waals surface area (Å²) in [5.41, 5.74) is 2.35. The van der Waals surface area contributed by atoms with E-state index in [1.807, 2.05) is 60.7 Å². The van der Waals surface area contributed by atoms with Gasteiger partial charge in [0.2, 0.25) is 0 Å². The minimum atomic E-state index is -0.181. The normalized spacial score (nSPS) is 10.8. The highest BCUT2D eigenvalue weighted by Crippen LogP contribution is 2.14. The number of nitrogens with one attached hydrogen (secondary N) is 2. The quantitative estimate of drug-likeness (QED) is 0.607. The Balaban J connectivity index is 1.66. The first-order valence-electron chi connectivity index (χ1n) is 7.63. The zero-order chi connectivity index (χ0) is 16.4. The average molecular weight is 317 g/mol. The van der Waals surface area contributed by atoms with E-state index >= 15 is 0 Å². The zero-order valence-electron chi connectivity index (χ0n) is 12.8. The molecule has 0 unspecified atom stereocenters. The van der Waals surface area contributed by atoms with Gasteiger partial charge in [-0.1, -0.05) is 48.5 Å². The molecule has 0 fully saturated rings. The van der Waals surface area contributed by atoms with Crippen LogP contribution in [0, 0.1) is 0 Å². The van der Waals surface area contributed by atoms with Crippen LogP contribution < -0.4 is 10.9 Å². The highest BCUT2D eigenvalue weighted by atomic mass is 16.1. The van der Waals surface area contributed by atoms with Crippen molar-refractivity contribution in [3.8, 4) is 11.4 Å². The summed E-state index contributed by atoms with van der Waals surface area (Å²) >= 11 is 0. The van der Waals surface area contributed by atoms with Gasteiger partial charge < -0.3 is 5.32 Å². The van der Waals surface area contributed by atoms with Crippen molar-refractivity contribution in [1.82, 2.24) is 19.6 Å². The van der Waals surface area contributed by atoms with Crippen molar-refractivity contribution in [3.63, 3.8) is 0 Å². The molecule has 2 aromatic heterocycles. The Bertz CT molecular complexity index is 1020. The number of para-hydroxylation sites is 1. The molecule has 0 saturated heterocycles. The highest BCUT2D eigenvalue weighted by Gasteiger charge is 2.09. The van der Waals surface area contributed by atoms with Crippen molar-refractivity contribution in [3.05, 3.63) is 82.8 Å². The topological polar surface area (TPSA) is 75.1 Å². The first kappa shape index (κ1) is 14.2. The minimum absolute atomic E-state index is 0.181. The molecule has 4 aromatic rings. The number of benzene rings is 2. The lowest BCUT2D eigenvalue weighted by molar-refractivity contribution is 0.879. The van der Waals surface area contributed by atoms with E-state index in [0.29, 0.717) is 23.8 Å². The fourth-order valence-corrected chi connectivity index (χ4v) is 2.49. The van der Waals surface area contributed by atoms with Crippen LogP contribution in [0.1, 0.15) is 5.69 Å². The lowest BCUT2D eigenvalue weighted by Gasteiger charge is -2.05. The monoisotopic (exact) mass is 317 g/mol. The molecular weight excluding hydrogens is 302 g/mol. The number of fused-ring (bicyclic) bond motifs is 1. The van der Waals surface area contributed by atoms with Crippen LogP contribution in [-0.2, 0) is 6.54 Å². The number of anilines is 1. The van der Waals surface area contributed by atoms with Gasteiger partial charge in [0, 0.05) is 17.3 Å². The molecule has 4 rings (SSSR count). The van der Waals surface area contributed by atoms with E-state index < -0.39 is 0 Å². The Kier molecular flexibility index (Phi) is 3.55. The van der Waals surface area contributed by atoms with E-state index in [4.69, 9.17) is 0 Å². The lowest BCUT2D eigenvalue weighted by atomic mass is 10.2. The third kappa shape index (κ3) is 2.77. The zero-order valence-corrected chi connectivity index (χ0v) is 12.8. The Morgan fingerprint density at radius 2 is 1.67 bits per heavy atom. The molecule has 0 amide bonds. The van der Waals surface area contributed by atoms with Gasteiger partial charge >= 0.3 is 0 Å². The maximum Gasteiger partial charge on any atom is 0.274 e. The van der Waals surface area contributed by atoms with Crippen molar-refractivity contribution in [2.75, 3.05) is 5.32 Å². The van der Waals surface area contributed by atoms with E-state index in [0.717, 1.165) is 11.3 Å². The molecule has 24 heavy (non-hydrogen) atoms. The van der Waals surface area contributed by atoms with E-state index in [9.17, 15) is 4.79 Å². The van der Waals surface area contributed by atoms with Crippen LogP contribution in [0.5, 0.6) is 0 Å². The number of aromatic nitrogens is 4. The molecule has 6 heteroatoms. The maximum absolute atomic E-state index is 12.3. The van der Waals surface area contributed by atoms with Crippen molar-refractivity contribution >= 4 is 11.5 Å². The third-order valence-corrected chi connectivity index (χ3v) is 3.68. The van der Waals surface area contributed by atoms with Gasteiger partial charge in [0.25, 0.3) is 11.3 Å². The molecule has 0 aliphatic heterocycles. The molecule has 0 aliphatic carbocycles. The van der Waals surface area contributed by atoms with Crippen molar-refractivity contribution in [2.24, 2.45) is 0 Å².